The maximum Gasteiger partial charge on any atom is 0.0839 e. The number of aromatic nitrogens is 1. The summed E-state index contributed by atoms with van der Waals surface area (Å²) in [6.45, 7) is 0. The number of nitrogens with zero attached hydrogens (tertiary/aromatic N) is 1. The molecule has 0 bridgehead atoms. The van der Waals surface area contributed by atoms with E-state index < -0.39 is 0 Å². The molecule has 0 spiro atoms. The molecule has 74 valence electrons. The standard InChI is InChI=1S/C13H11NS/c1-2-6-12-11(5-1)8-10-15(12)13-7-3-4-9-14-13/h1-10,15H. The average molecular weight is 213 g/mol. The topological polar surface area (TPSA) is 12.9 Å². The predicted octanol–water partition coefficient (Wildman–Crippen LogP) is 3.49. The smallest absolute Gasteiger partial charge is 0.0839 e. The van der Waals surface area contributed by atoms with E-state index >= 15 is 0 Å². The van der Waals surface area contributed by atoms with Gasteiger partial charge in [-0.1, -0.05) is 24.3 Å². The monoisotopic (exact) mass is 213 g/mol. The van der Waals surface area contributed by atoms with Gasteiger partial charge in [-0.2, -0.15) is 10.9 Å². The van der Waals surface area contributed by atoms with Crippen molar-refractivity contribution in [1.29, 1.82) is 0 Å². The zero-order valence-corrected chi connectivity index (χ0v) is 9.06. The van der Waals surface area contributed by atoms with Gasteiger partial charge >= 0.3 is 0 Å². The molecule has 2 heteroatoms. The molecule has 1 aromatic carbocycles. The quantitative estimate of drug-likeness (QED) is 0.715. The molecule has 1 aliphatic rings. The van der Waals surface area contributed by atoms with Gasteiger partial charge in [-0.05, 0) is 35.2 Å². The third kappa shape index (κ3) is 1.47. The molecule has 3 rings (SSSR count). The number of benzene rings is 1. The van der Waals surface area contributed by atoms with Crippen molar-refractivity contribution in [3.63, 3.8) is 0 Å². The Morgan fingerprint density at radius 3 is 2.67 bits per heavy atom. The van der Waals surface area contributed by atoms with Crippen LogP contribution in [0.25, 0.3) is 6.08 Å². The Morgan fingerprint density at radius 2 is 1.80 bits per heavy atom. The van der Waals surface area contributed by atoms with Crippen molar-refractivity contribution < 1.29 is 0 Å². The number of hydrogen-bond acceptors (Lipinski definition) is 1. The first-order valence-corrected chi connectivity index (χ1v) is 6.34. The van der Waals surface area contributed by atoms with Crippen LogP contribution in [0.5, 0.6) is 0 Å². The first-order chi connectivity index (χ1) is 7.45. The van der Waals surface area contributed by atoms with Crippen LogP contribution in [-0.2, 0) is 0 Å². The van der Waals surface area contributed by atoms with Crippen LogP contribution in [0.15, 0.2) is 64.0 Å². The minimum Gasteiger partial charge on any atom is -0.251 e. The fourth-order valence-corrected chi connectivity index (χ4v) is 3.76. The molecule has 0 N–H and O–H groups in total. The van der Waals surface area contributed by atoms with E-state index in [1.54, 1.807) is 0 Å². The van der Waals surface area contributed by atoms with Crippen molar-refractivity contribution in [2.24, 2.45) is 0 Å². The van der Waals surface area contributed by atoms with Crippen LogP contribution in [0.2, 0.25) is 0 Å². The highest BCUT2D eigenvalue weighted by atomic mass is 32.2. The zero-order chi connectivity index (χ0) is 10.1. The third-order valence-corrected chi connectivity index (χ3v) is 4.63. The van der Waals surface area contributed by atoms with Crippen LogP contribution in [0.4, 0.5) is 0 Å². The molecule has 1 aromatic heterocycles. The number of fused-ring (bicyclic) bond motifs is 1. The lowest BCUT2D eigenvalue weighted by Crippen LogP contribution is -1.84. The van der Waals surface area contributed by atoms with E-state index in [1.807, 2.05) is 12.3 Å². The van der Waals surface area contributed by atoms with Crippen molar-refractivity contribution in [3.8, 4) is 0 Å². The SMILES string of the molecule is C1=C[SH](c2ccccn2)c2ccccc21. The summed E-state index contributed by atoms with van der Waals surface area (Å²) in [6.07, 6.45) is 4.07. The Balaban J connectivity index is 2.09. The molecule has 0 saturated heterocycles. The van der Waals surface area contributed by atoms with Gasteiger partial charge in [0.1, 0.15) is 0 Å². The molecule has 1 unspecified atom stereocenters. The maximum absolute atomic E-state index is 4.44. The van der Waals surface area contributed by atoms with Crippen molar-refractivity contribution in [1.82, 2.24) is 4.98 Å². The van der Waals surface area contributed by atoms with Gasteiger partial charge in [-0.15, -0.1) is 0 Å². The summed E-state index contributed by atoms with van der Waals surface area (Å²) in [6, 6.07) is 14.7. The second kappa shape index (κ2) is 3.55. The molecule has 0 aliphatic carbocycles. The molecule has 1 atom stereocenters. The van der Waals surface area contributed by atoms with Gasteiger partial charge in [0.25, 0.3) is 0 Å². The summed E-state index contributed by atoms with van der Waals surface area (Å²) >= 11 is 0. The zero-order valence-electron chi connectivity index (χ0n) is 8.17. The van der Waals surface area contributed by atoms with Crippen molar-refractivity contribution >= 4 is 17.0 Å². The molecule has 0 amide bonds. The number of thiol groups is 1. The largest absolute Gasteiger partial charge is 0.251 e. The van der Waals surface area contributed by atoms with Gasteiger partial charge in [0.15, 0.2) is 0 Å². The summed E-state index contributed by atoms with van der Waals surface area (Å²) in [5.41, 5.74) is 1.34. The Morgan fingerprint density at radius 1 is 0.933 bits per heavy atom. The second-order valence-corrected chi connectivity index (χ2v) is 5.41. The van der Waals surface area contributed by atoms with Crippen LogP contribution in [0, 0.1) is 0 Å². The molecule has 1 nitrogen and oxygen atoms in total. The molecule has 0 fully saturated rings. The lowest BCUT2D eigenvalue weighted by Gasteiger charge is -2.13. The molecule has 2 heterocycles. The Labute approximate surface area is 91.8 Å². The summed E-state index contributed by atoms with van der Waals surface area (Å²) < 4.78 is 0. The van der Waals surface area contributed by atoms with Crippen molar-refractivity contribution in [2.75, 3.05) is 0 Å². The normalized spacial score (nSPS) is 20.1. The van der Waals surface area contributed by atoms with E-state index in [-0.39, 0.29) is 10.9 Å². The highest BCUT2D eigenvalue weighted by Gasteiger charge is 2.15. The fourth-order valence-electron chi connectivity index (χ4n) is 1.78. The molecule has 0 saturated carbocycles. The fraction of sp³-hybridized carbons (Fsp3) is 0. The van der Waals surface area contributed by atoms with Gasteiger partial charge in [-0.25, -0.2) is 0 Å². The summed E-state index contributed by atoms with van der Waals surface area (Å²) in [7, 11) is -0.348. The summed E-state index contributed by atoms with van der Waals surface area (Å²) in [4.78, 5) is 5.86. The third-order valence-electron chi connectivity index (χ3n) is 2.50. The van der Waals surface area contributed by atoms with Crippen LogP contribution >= 0.6 is 10.9 Å². The molecular weight excluding hydrogens is 202 g/mol. The van der Waals surface area contributed by atoms with Gasteiger partial charge in [0, 0.05) is 11.1 Å². The van der Waals surface area contributed by atoms with Gasteiger partial charge in [0.05, 0.1) is 5.03 Å². The summed E-state index contributed by atoms with van der Waals surface area (Å²) in [5, 5.41) is 3.47. The average Bonchev–Trinajstić information content (AvgIpc) is 2.74. The summed E-state index contributed by atoms with van der Waals surface area (Å²) in [5.74, 6) is 0. The van der Waals surface area contributed by atoms with E-state index in [1.165, 1.54) is 15.5 Å². The molecule has 15 heavy (non-hydrogen) atoms. The number of pyridine rings is 1. The van der Waals surface area contributed by atoms with Crippen LogP contribution in [0.3, 0.4) is 0 Å². The lowest BCUT2D eigenvalue weighted by atomic mass is 10.2. The van der Waals surface area contributed by atoms with Crippen LogP contribution < -0.4 is 0 Å². The van der Waals surface area contributed by atoms with E-state index in [9.17, 15) is 0 Å². The Kier molecular flexibility index (Phi) is 2.07. The molecular formula is C13H11NS. The van der Waals surface area contributed by atoms with E-state index in [4.69, 9.17) is 0 Å². The van der Waals surface area contributed by atoms with Gasteiger partial charge < -0.3 is 0 Å². The van der Waals surface area contributed by atoms with Crippen LogP contribution in [0.1, 0.15) is 5.56 Å². The van der Waals surface area contributed by atoms with E-state index in [2.05, 4.69) is 52.9 Å². The van der Waals surface area contributed by atoms with Crippen molar-refractivity contribution in [3.05, 3.63) is 59.6 Å². The molecule has 1 aliphatic heterocycles. The minimum absolute atomic E-state index is 0.348. The van der Waals surface area contributed by atoms with Crippen LogP contribution in [-0.4, -0.2) is 4.98 Å². The highest BCUT2D eigenvalue weighted by molar-refractivity contribution is 8.20. The van der Waals surface area contributed by atoms with Gasteiger partial charge in [-0.3, -0.25) is 4.98 Å². The highest BCUT2D eigenvalue weighted by Crippen LogP contribution is 2.50. The van der Waals surface area contributed by atoms with E-state index in [0.29, 0.717) is 0 Å². The Bertz CT molecular complexity index is 505. The second-order valence-electron chi connectivity index (χ2n) is 3.43. The lowest BCUT2D eigenvalue weighted by molar-refractivity contribution is 1.13. The molecule has 0 radical (unpaired) electrons. The first-order valence-electron chi connectivity index (χ1n) is 4.93. The minimum atomic E-state index is -0.348. The first kappa shape index (κ1) is 8.74. The Hall–Kier alpha value is -1.54. The number of rotatable bonds is 1. The maximum atomic E-state index is 4.44. The van der Waals surface area contributed by atoms with Crippen molar-refractivity contribution in [2.45, 2.75) is 9.92 Å². The number of hydrogen-bond donors (Lipinski definition) is 1. The van der Waals surface area contributed by atoms with Gasteiger partial charge in [0.2, 0.25) is 0 Å². The predicted molar refractivity (Wildman–Crippen MR) is 65.2 cm³/mol. The van der Waals surface area contributed by atoms with E-state index in [0.717, 1.165) is 0 Å². The molecule has 2 aromatic rings.